The van der Waals surface area contributed by atoms with Crippen LogP contribution in [0.5, 0.6) is 0 Å². The first-order valence-electron chi connectivity index (χ1n) is 20.7. The molecule has 2 saturated heterocycles. The van der Waals surface area contributed by atoms with E-state index in [-0.39, 0.29) is 35.9 Å². The highest BCUT2D eigenvalue weighted by atomic mass is 16.5. The van der Waals surface area contributed by atoms with E-state index in [1.54, 1.807) is 48.4 Å². The van der Waals surface area contributed by atoms with Crippen LogP contribution in [-0.2, 0) is 28.5 Å². The van der Waals surface area contributed by atoms with E-state index in [4.69, 9.17) is 28.9 Å². The summed E-state index contributed by atoms with van der Waals surface area (Å²) >= 11 is 0. The number of H-pyrrole nitrogens is 2. The van der Waals surface area contributed by atoms with Gasteiger partial charge in [-0.3, -0.25) is 9.59 Å². The van der Waals surface area contributed by atoms with E-state index in [9.17, 15) is 19.2 Å². The first-order valence-corrected chi connectivity index (χ1v) is 20.7. The fraction of sp³-hybridized carbons (Fsp3) is 0.391. The van der Waals surface area contributed by atoms with Crippen LogP contribution in [0.1, 0.15) is 68.4 Å². The van der Waals surface area contributed by atoms with Crippen molar-refractivity contribution in [3.8, 4) is 33.6 Å². The molecule has 5 aromatic rings. The average Bonchev–Trinajstić information content (AvgIpc) is 4.14. The topological polar surface area (TPSA) is 193 Å². The molecule has 2 fully saturated rings. The third kappa shape index (κ3) is 9.35. The zero-order valence-electron chi connectivity index (χ0n) is 35.8. The van der Waals surface area contributed by atoms with Gasteiger partial charge in [0.15, 0.2) is 0 Å². The molecule has 4 amide bonds. The van der Waals surface area contributed by atoms with Crippen LogP contribution < -0.4 is 10.6 Å². The van der Waals surface area contributed by atoms with Crippen LogP contribution in [0.4, 0.5) is 9.59 Å². The Kier molecular flexibility index (Phi) is 13.7. The average molecular weight is 847 g/mol. The smallest absolute Gasteiger partial charge is 0.407 e. The zero-order valence-corrected chi connectivity index (χ0v) is 35.8. The molecule has 16 nitrogen and oxygen atoms in total. The van der Waals surface area contributed by atoms with Crippen molar-refractivity contribution in [2.45, 2.75) is 69.4 Å². The molecule has 326 valence electrons. The molecule has 4 N–H and O–H groups in total. The standard InChI is InChI=1S/C46H54N8O8/c1-27-12-21-37(54(27)44(56)39(28(2)60-4)51-45(57)61-5)41-47-23-35(49-41)32-17-13-30(14-18-32)31-15-19-33(20-16-31)36-24-48-42(50-36)38-22-29(26-59-3)25-53(38)43(55)40(52-46(58)62-6)34-10-8-7-9-11-34/h7-11,13-20,23-24,27-29,37-40H,12,21-22,25-26H2,1-6H3,(H,47,49)(H,48,50)(H,51,57)(H,52,58)/t27-,28+,29-,37-,38-,39-,40+/m0/s1. The summed E-state index contributed by atoms with van der Waals surface area (Å²) in [6.07, 6.45) is 3.75. The summed E-state index contributed by atoms with van der Waals surface area (Å²) < 4.78 is 20.6. The molecular formula is C46H54N8O8. The van der Waals surface area contributed by atoms with E-state index >= 15 is 0 Å². The van der Waals surface area contributed by atoms with Crippen molar-refractivity contribution in [1.29, 1.82) is 0 Å². The molecule has 0 unspecified atom stereocenters. The van der Waals surface area contributed by atoms with Gasteiger partial charge in [-0.05, 0) is 60.9 Å². The maximum Gasteiger partial charge on any atom is 0.407 e. The highest BCUT2D eigenvalue weighted by molar-refractivity contribution is 5.88. The summed E-state index contributed by atoms with van der Waals surface area (Å²) in [7, 11) is 5.68. The minimum Gasteiger partial charge on any atom is -0.453 e. The van der Waals surface area contributed by atoms with Crippen LogP contribution in [0.2, 0.25) is 0 Å². The summed E-state index contributed by atoms with van der Waals surface area (Å²) in [5.74, 6) is 0.895. The fourth-order valence-electron chi connectivity index (χ4n) is 8.53. The molecule has 0 radical (unpaired) electrons. The lowest BCUT2D eigenvalue weighted by atomic mass is 10.0. The number of hydrogen-bond acceptors (Lipinski definition) is 10. The van der Waals surface area contributed by atoms with Gasteiger partial charge in [-0.25, -0.2) is 19.6 Å². The molecule has 0 saturated carbocycles. The molecular weight excluding hydrogens is 793 g/mol. The Morgan fingerprint density at radius 1 is 0.726 bits per heavy atom. The number of nitrogens with one attached hydrogen (secondary N) is 4. The van der Waals surface area contributed by atoms with Crippen molar-refractivity contribution in [2.75, 3.05) is 41.6 Å². The van der Waals surface area contributed by atoms with Gasteiger partial charge in [0.2, 0.25) is 5.91 Å². The van der Waals surface area contributed by atoms with Gasteiger partial charge >= 0.3 is 12.2 Å². The summed E-state index contributed by atoms with van der Waals surface area (Å²) in [5, 5.41) is 5.37. The summed E-state index contributed by atoms with van der Waals surface area (Å²) in [5.41, 5.74) is 6.22. The number of methoxy groups -OCH3 is 4. The Labute approximate surface area is 360 Å². The molecule has 16 heteroatoms. The third-order valence-electron chi connectivity index (χ3n) is 11.9. The van der Waals surface area contributed by atoms with Crippen LogP contribution in [0.3, 0.4) is 0 Å². The van der Waals surface area contributed by atoms with Gasteiger partial charge < -0.3 is 49.3 Å². The van der Waals surface area contributed by atoms with Gasteiger partial charge in [-0.1, -0.05) is 78.9 Å². The molecule has 3 aromatic carbocycles. The number of imidazole rings is 2. The summed E-state index contributed by atoms with van der Waals surface area (Å²) in [4.78, 5) is 72.5. The number of aromatic amines is 2. The molecule has 7 atom stereocenters. The number of hydrogen-bond donors (Lipinski definition) is 4. The molecule has 2 aliphatic rings. The number of aromatic nitrogens is 4. The van der Waals surface area contributed by atoms with Crippen LogP contribution in [0, 0.1) is 5.92 Å². The normalized spacial score (nSPS) is 20.0. The van der Waals surface area contributed by atoms with Crippen LogP contribution >= 0.6 is 0 Å². The minimum absolute atomic E-state index is 0.0633. The number of alkyl carbamates (subject to hydrolysis) is 2. The van der Waals surface area contributed by atoms with E-state index in [0.717, 1.165) is 46.5 Å². The molecule has 4 heterocycles. The number of nitrogens with zero attached hydrogens (tertiary/aromatic N) is 4. The van der Waals surface area contributed by atoms with Crippen molar-refractivity contribution in [1.82, 2.24) is 40.4 Å². The first-order chi connectivity index (χ1) is 30.0. The Morgan fingerprint density at radius 2 is 1.27 bits per heavy atom. The van der Waals surface area contributed by atoms with E-state index in [1.807, 2.05) is 49.4 Å². The predicted molar refractivity (Wildman–Crippen MR) is 230 cm³/mol. The van der Waals surface area contributed by atoms with Crippen molar-refractivity contribution in [3.05, 3.63) is 108 Å². The van der Waals surface area contributed by atoms with Crippen LogP contribution in [0.25, 0.3) is 33.6 Å². The monoisotopic (exact) mass is 846 g/mol. The van der Waals surface area contributed by atoms with E-state index in [2.05, 4.69) is 44.9 Å². The third-order valence-corrected chi connectivity index (χ3v) is 11.9. The van der Waals surface area contributed by atoms with Crippen molar-refractivity contribution in [3.63, 3.8) is 0 Å². The molecule has 62 heavy (non-hydrogen) atoms. The second-order valence-electron chi connectivity index (χ2n) is 15.8. The fourth-order valence-corrected chi connectivity index (χ4v) is 8.53. The quantitative estimate of drug-likeness (QED) is 0.0949. The van der Waals surface area contributed by atoms with Gasteiger partial charge in [0.25, 0.3) is 5.91 Å². The number of ether oxygens (including phenoxy) is 4. The Bertz CT molecular complexity index is 2310. The van der Waals surface area contributed by atoms with Gasteiger partial charge in [-0.2, -0.15) is 0 Å². The summed E-state index contributed by atoms with van der Waals surface area (Å²) in [6, 6.07) is 22.9. The number of carbonyl (C=O) groups is 4. The van der Waals surface area contributed by atoms with Crippen molar-refractivity contribution in [2.24, 2.45) is 5.92 Å². The SMILES string of the molecule is COC[C@H]1C[C@@H](c2ncc(-c3ccc(-c4ccc(-c5cnc([C@@H]6CC[C@H](C)N6C(=O)[C@@H](NC(=O)OC)[C@@H](C)OC)[nH]5)cc4)cc3)[nH]2)N(C(=O)[C@H](NC(=O)OC)c2ccccc2)C1. The van der Waals surface area contributed by atoms with Crippen molar-refractivity contribution < 1.29 is 38.1 Å². The number of amides is 4. The number of benzene rings is 3. The lowest BCUT2D eigenvalue weighted by Crippen LogP contribution is -2.55. The Balaban J connectivity index is 1.04. The number of likely N-dealkylation sites (tertiary alicyclic amines) is 2. The highest BCUT2D eigenvalue weighted by Crippen LogP contribution is 2.39. The lowest BCUT2D eigenvalue weighted by Gasteiger charge is -2.33. The molecule has 0 aliphatic carbocycles. The summed E-state index contributed by atoms with van der Waals surface area (Å²) in [6.45, 7) is 4.66. The molecule has 2 aliphatic heterocycles. The lowest BCUT2D eigenvalue weighted by molar-refractivity contribution is -0.139. The second-order valence-corrected chi connectivity index (χ2v) is 15.8. The number of carbonyl (C=O) groups excluding carboxylic acids is 4. The second kappa shape index (κ2) is 19.5. The van der Waals surface area contributed by atoms with E-state index < -0.39 is 30.4 Å². The van der Waals surface area contributed by atoms with Gasteiger partial charge in [0.1, 0.15) is 23.7 Å². The predicted octanol–water partition coefficient (Wildman–Crippen LogP) is 6.58. The molecule has 2 aromatic heterocycles. The Morgan fingerprint density at radius 3 is 1.82 bits per heavy atom. The van der Waals surface area contributed by atoms with Crippen molar-refractivity contribution >= 4 is 24.0 Å². The zero-order chi connectivity index (χ0) is 43.9. The Hall–Kier alpha value is -6.52. The van der Waals surface area contributed by atoms with E-state index in [1.165, 1.54) is 21.3 Å². The van der Waals surface area contributed by atoms with E-state index in [0.29, 0.717) is 36.8 Å². The molecule has 0 bridgehead atoms. The largest absolute Gasteiger partial charge is 0.453 e. The number of rotatable bonds is 14. The maximum atomic E-state index is 14.2. The van der Waals surface area contributed by atoms with Crippen LogP contribution in [-0.4, -0.2) is 114 Å². The maximum absolute atomic E-state index is 14.2. The molecule has 0 spiro atoms. The molecule has 7 rings (SSSR count). The van der Waals surface area contributed by atoms with Gasteiger partial charge in [0, 0.05) is 32.7 Å². The highest BCUT2D eigenvalue weighted by Gasteiger charge is 2.43. The van der Waals surface area contributed by atoms with Gasteiger partial charge in [0.05, 0.1) is 62.8 Å². The van der Waals surface area contributed by atoms with Gasteiger partial charge in [-0.15, -0.1) is 0 Å². The minimum atomic E-state index is -0.938. The van der Waals surface area contributed by atoms with Crippen LogP contribution in [0.15, 0.2) is 91.3 Å². The first kappa shape index (κ1) is 43.6.